The van der Waals surface area contributed by atoms with Crippen LogP contribution in [-0.2, 0) is 0 Å². The number of aromatic amines is 1. The van der Waals surface area contributed by atoms with Crippen molar-refractivity contribution in [3.63, 3.8) is 0 Å². The Morgan fingerprint density at radius 2 is 1.85 bits per heavy atom. The van der Waals surface area contributed by atoms with Gasteiger partial charge < -0.3 is 15.5 Å². The number of carboxylic acids is 1. The van der Waals surface area contributed by atoms with Crippen LogP contribution in [-0.4, -0.2) is 27.1 Å². The molecule has 0 fully saturated rings. The van der Waals surface area contributed by atoms with Gasteiger partial charge in [-0.25, -0.2) is 4.79 Å². The Morgan fingerprint density at radius 3 is 2.50 bits per heavy atom. The first-order valence-electron chi connectivity index (χ1n) is 5.54. The number of carbonyl (C=O) groups excluding carboxylic acids is 1. The van der Waals surface area contributed by atoms with Crippen LogP contribution in [0.5, 0.6) is 5.88 Å². The maximum atomic E-state index is 11.9. The van der Waals surface area contributed by atoms with Gasteiger partial charge in [-0.3, -0.25) is 14.6 Å². The average molecular weight is 274 g/mol. The van der Waals surface area contributed by atoms with Gasteiger partial charge in [0, 0.05) is 17.8 Å². The van der Waals surface area contributed by atoms with Crippen molar-refractivity contribution in [2.45, 2.75) is 0 Å². The maximum Gasteiger partial charge on any atom is 0.335 e. The highest BCUT2D eigenvalue weighted by atomic mass is 16.4. The van der Waals surface area contributed by atoms with E-state index in [1.165, 1.54) is 24.3 Å². The van der Waals surface area contributed by atoms with Crippen molar-refractivity contribution in [2.75, 3.05) is 5.32 Å². The fraction of sp³-hybridized carbons (Fsp3) is 0. The van der Waals surface area contributed by atoms with Crippen molar-refractivity contribution in [1.82, 2.24) is 4.98 Å². The fourth-order valence-electron chi connectivity index (χ4n) is 1.59. The largest absolute Gasteiger partial charge is 0.494 e. The van der Waals surface area contributed by atoms with Crippen LogP contribution in [0.15, 0.2) is 41.2 Å². The van der Waals surface area contributed by atoms with Crippen LogP contribution in [0.2, 0.25) is 0 Å². The smallest absolute Gasteiger partial charge is 0.335 e. The van der Waals surface area contributed by atoms with Gasteiger partial charge >= 0.3 is 5.97 Å². The van der Waals surface area contributed by atoms with E-state index >= 15 is 0 Å². The van der Waals surface area contributed by atoms with E-state index in [-0.39, 0.29) is 16.8 Å². The van der Waals surface area contributed by atoms with Crippen molar-refractivity contribution >= 4 is 17.6 Å². The quantitative estimate of drug-likeness (QED) is 0.666. The number of amides is 1. The number of aromatic nitrogens is 1. The summed E-state index contributed by atoms with van der Waals surface area (Å²) >= 11 is 0. The number of carbonyl (C=O) groups is 2. The number of aromatic hydroxyl groups is 1. The van der Waals surface area contributed by atoms with Gasteiger partial charge in [0.25, 0.3) is 11.5 Å². The Labute approximate surface area is 112 Å². The number of hydrogen-bond acceptors (Lipinski definition) is 4. The summed E-state index contributed by atoms with van der Waals surface area (Å²) in [7, 11) is 0. The van der Waals surface area contributed by atoms with Crippen LogP contribution in [0, 0.1) is 0 Å². The zero-order chi connectivity index (χ0) is 14.7. The SMILES string of the molecule is O=C(O)c1cccc(NC(=O)c2cc(O)[nH]c(=O)c2)c1. The molecule has 0 aliphatic carbocycles. The summed E-state index contributed by atoms with van der Waals surface area (Å²) in [5.74, 6) is -2.18. The molecular weight excluding hydrogens is 264 g/mol. The fourth-order valence-corrected chi connectivity index (χ4v) is 1.59. The van der Waals surface area contributed by atoms with Gasteiger partial charge in [0.2, 0.25) is 0 Å². The Morgan fingerprint density at radius 1 is 1.10 bits per heavy atom. The van der Waals surface area contributed by atoms with Gasteiger partial charge in [-0.2, -0.15) is 0 Å². The van der Waals surface area contributed by atoms with E-state index in [4.69, 9.17) is 5.11 Å². The summed E-state index contributed by atoms with van der Waals surface area (Å²) in [5.41, 5.74) is -0.354. The molecule has 0 saturated carbocycles. The summed E-state index contributed by atoms with van der Waals surface area (Å²) in [6, 6.07) is 7.78. The normalized spacial score (nSPS) is 10.0. The predicted molar refractivity (Wildman–Crippen MR) is 70.1 cm³/mol. The van der Waals surface area contributed by atoms with E-state index in [1.54, 1.807) is 0 Å². The standard InChI is InChI=1S/C13H10N2O5/c16-10-5-8(6-11(17)15-10)12(18)14-9-3-1-2-7(4-9)13(19)20/h1-6H,(H,14,18)(H,19,20)(H2,15,16,17). The van der Waals surface area contributed by atoms with Gasteiger partial charge in [0.1, 0.15) is 0 Å². The lowest BCUT2D eigenvalue weighted by molar-refractivity contribution is 0.0696. The van der Waals surface area contributed by atoms with Crippen molar-refractivity contribution in [3.05, 3.63) is 57.9 Å². The zero-order valence-corrected chi connectivity index (χ0v) is 10.1. The number of benzene rings is 1. The third-order valence-corrected chi connectivity index (χ3v) is 2.46. The maximum absolute atomic E-state index is 11.9. The molecule has 0 unspecified atom stereocenters. The van der Waals surface area contributed by atoms with E-state index in [1.807, 2.05) is 0 Å². The molecule has 7 heteroatoms. The first-order chi connectivity index (χ1) is 9.45. The van der Waals surface area contributed by atoms with Crippen LogP contribution < -0.4 is 10.9 Å². The molecule has 0 saturated heterocycles. The molecule has 1 aromatic carbocycles. The molecule has 20 heavy (non-hydrogen) atoms. The Bertz CT molecular complexity index is 736. The Balaban J connectivity index is 2.25. The first kappa shape index (κ1) is 13.3. The van der Waals surface area contributed by atoms with Crippen LogP contribution in [0.25, 0.3) is 0 Å². The van der Waals surface area contributed by atoms with Gasteiger partial charge in [-0.05, 0) is 18.2 Å². The van der Waals surface area contributed by atoms with Gasteiger partial charge in [-0.1, -0.05) is 6.07 Å². The highest BCUT2D eigenvalue weighted by Crippen LogP contribution is 2.13. The molecule has 0 aliphatic heterocycles. The molecule has 2 aromatic rings. The topological polar surface area (TPSA) is 119 Å². The van der Waals surface area contributed by atoms with Crippen molar-refractivity contribution < 1.29 is 19.8 Å². The third kappa shape index (κ3) is 3.02. The van der Waals surface area contributed by atoms with Crippen LogP contribution in [0.1, 0.15) is 20.7 Å². The van der Waals surface area contributed by atoms with E-state index in [0.29, 0.717) is 0 Å². The molecule has 1 aromatic heterocycles. The highest BCUT2D eigenvalue weighted by Gasteiger charge is 2.10. The molecule has 4 N–H and O–H groups in total. The predicted octanol–water partition coefficient (Wildman–Crippen LogP) is 1.03. The molecule has 0 aliphatic rings. The number of nitrogens with one attached hydrogen (secondary N) is 2. The van der Waals surface area contributed by atoms with Crippen molar-refractivity contribution in [3.8, 4) is 5.88 Å². The summed E-state index contributed by atoms with van der Waals surface area (Å²) in [5, 5.41) is 20.5. The highest BCUT2D eigenvalue weighted by molar-refractivity contribution is 6.04. The lowest BCUT2D eigenvalue weighted by atomic mass is 10.2. The van der Waals surface area contributed by atoms with Crippen LogP contribution >= 0.6 is 0 Å². The number of hydrogen-bond donors (Lipinski definition) is 4. The number of carboxylic acid groups (broad SMARTS) is 1. The molecule has 0 bridgehead atoms. The van der Waals surface area contributed by atoms with Crippen molar-refractivity contribution in [2.24, 2.45) is 0 Å². The Hall–Kier alpha value is -3.09. The number of H-pyrrole nitrogens is 1. The summed E-state index contributed by atoms with van der Waals surface area (Å²) in [6.45, 7) is 0. The molecule has 1 amide bonds. The van der Waals surface area contributed by atoms with Gasteiger partial charge in [0.05, 0.1) is 11.1 Å². The molecule has 1 heterocycles. The lowest BCUT2D eigenvalue weighted by Crippen LogP contribution is -2.16. The molecule has 0 spiro atoms. The summed E-state index contributed by atoms with van der Waals surface area (Å²) < 4.78 is 0. The first-order valence-corrected chi connectivity index (χ1v) is 5.54. The third-order valence-electron chi connectivity index (χ3n) is 2.46. The van der Waals surface area contributed by atoms with Gasteiger partial charge in [-0.15, -0.1) is 0 Å². The number of pyridine rings is 1. The number of aromatic carboxylic acids is 1. The second-order valence-electron chi connectivity index (χ2n) is 3.96. The summed E-state index contributed by atoms with van der Waals surface area (Å²) in [4.78, 5) is 35.9. The van der Waals surface area contributed by atoms with Crippen molar-refractivity contribution in [1.29, 1.82) is 0 Å². The molecule has 0 atom stereocenters. The summed E-state index contributed by atoms with van der Waals surface area (Å²) in [6.07, 6.45) is 0. The minimum atomic E-state index is -1.12. The van der Waals surface area contributed by atoms with Crippen LogP contribution in [0.3, 0.4) is 0 Å². The monoisotopic (exact) mass is 274 g/mol. The lowest BCUT2D eigenvalue weighted by Gasteiger charge is -2.06. The number of rotatable bonds is 3. The van der Waals surface area contributed by atoms with E-state index in [9.17, 15) is 19.5 Å². The van der Waals surface area contributed by atoms with E-state index in [2.05, 4.69) is 10.3 Å². The van der Waals surface area contributed by atoms with Crippen LogP contribution in [0.4, 0.5) is 5.69 Å². The minimum absolute atomic E-state index is 0.0246. The average Bonchev–Trinajstić information content (AvgIpc) is 2.37. The second-order valence-corrected chi connectivity index (χ2v) is 3.96. The zero-order valence-electron chi connectivity index (χ0n) is 10.1. The Kier molecular flexibility index (Phi) is 3.52. The molecule has 102 valence electrons. The minimum Gasteiger partial charge on any atom is -0.494 e. The van der Waals surface area contributed by atoms with Gasteiger partial charge in [0.15, 0.2) is 5.88 Å². The molecule has 7 nitrogen and oxygen atoms in total. The molecule has 0 radical (unpaired) electrons. The number of anilines is 1. The van der Waals surface area contributed by atoms with E-state index in [0.717, 1.165) is 12.1 Å². The second kappa shape index (κ2) is 5.27. The molecular formula is C13H10N2O5. The molecule has 2 rings (SSSR count). The van der Waals surface area contributed by atoms with E-state index < -0.39 is 23.3 Å².